The van der Waals surface area contributed by atoms with Gasteiger partial charge in [0.25, 0.3) is 0 Å². The monoisotopic (exact) mass is 269 g/mol. The summed E-state index contributed by atoms with van der Waals surface area (Å²) in [5.41, 5.74) is 0.349. The number of ether oxygens (including phenoxy) is 2. The van der Waals surface area contributed by atoms with Crippen LogP contribution in [0.25, 0.3) is 0 Å². The minimum atomic E-state index is -0.523. The molecule has 0 aliphatic heterocycles. The van der Waals surface area contributed by atoms with Crippen LogP contribution in [0, 0.1) is 5.82 Å². The zero-order chi connectivity index (χ0) is 14.3. The molecule has 5 heteroatoms. The van der Waals surface area contributed by atoms with Crippen LogP contribution >= 0.6 is 0 Å². The smallest absolute Gasteiger partial charge is 0.176 e. The third-order valence-corrected chi connectivity index (χ3v) is 2.71. The maximum Gasteiger partial charge on any atom is 0.176 e. The molecule has 0 N–H and O–H groups in total. The molecule has 0 amide bonds. The fourth-order valence-electron chi connectivity index (χ4n) is 1.62. The van der Waals surface area contributed by atoms with Crippen molar-refractivity contribution in [2.45, 2.75) is 6.92 Å². The summed E-state index contributed by atoms with van der Waals surface area (Å²) in [6, 6.07) is 4.24. The highest BCUT2D eigenvalue weighted by molar-refractivity contribution is 5.97. The largest absolute Gasteiger partial charge is 0.494 e. The summed E-state index contributed by atoms with van der Waals surface area (Å²) in [5.74, 6) is -0.507. The van der Waals surface area contributed by atoms with Crippen LogP contribution < -0.4 is 4.74 Å². The SMILES string of the molecule is CCOCCN(C)CC(=O)c1ccc(OC)c(F)c1. The molecule has 4 nitrogen and oxygen atoms in total. The number of carbonyl (C=O) groups excluding carboxylic acids is 1. The van der Waals surface area contributed by atoms with Gasteiger partial charge in [-0.2, -0.15) is 0 Å². The molecule has 0 aromatic heterocycles. The second kappa shape index (κ2) is 7.86. The molecular weight excluding hydrogens is 249 g/mol. The minimum absolute atomic E-state index is 0.124. The Morgan fingerprint density at radius 2 is 2.16 bits per heavy atom. The topological polar surface area (TPSA) is 38.8 Å². The lowest BCUT2D eigenvalue weighted by Crippen LogP contribution is -2.29. The maximum absolute atomic E-state index is 13.5. The summed E-state index contributed by atoms with van der Waals surface area (Å²) < 4.78 is 23.5. The predicted molar refractivity (Wildman–Crippen MR) is 71.3 cm³/mol. The Morgan fingerprint density at radius 3 is 2.74 bits per heavy atom. The molecule has 0 aliphatic carbocycles. The highest BCUT2D eigenvalue weighted by atomic mass is 19.1. The highest BCUT2D eigenvalue weighted by Crippen LogP contribution is 2.18. The van der Waals surface area contributed by atoms with E-state index in [-0.39, 0.29) is 18.1 Å². The van der Waals surface area contributed by atoms with Gasteiger partial charge in [0, 0.05) is 18.7 Å². The van der Waals surface area contributed by atoms with Gasteiger partial charge in [-0.1, -0.05) is 0 Å². The number of ketones is 1. The molecule has 0 spiro atoms. The zero-order valence-electron chi connectivity index (χ0n) is 11.6. The van der Waals surface area contributed by atoms with Gasteiger partial charge in [-0.15, -0.1) is 0 Å². The van der Waals surface area contributed by atoms with E-state index in [9.17, 15) is 9.18 Å². The van der Waals surface area contributed by atoms with Crippen molar-refractivity contribution in [2.24, 2.45) is 0 Å². The zero-order valence-corrected chi connectivity index (χ0v) is 11.6. The van der Waals surface area contributed by atoms with Crippen LogP contribution in [0.3, 0.4) is 0 Å². The van der Waals surface area contributed by atoms with Crippen molar-refractivity contribution < 1.29 is 18.7 Å². The third kappa shape index (κ3) is 4.96. The first-order chi connectivity index (χ1) is 9.08. The molecule has 0 heterocycles. The van der Waals surface area contributed by atoms with Crippen molar-refractivity contribution in [1.29, 1.82) is 0 Å². The molecule has 1 aromatic carbocycles. The summed E-state index contributed by atoms with van der Waals surface area (Å²) >= 11 is 0. The number of halogens is 1. The van der Waals surface area contributed by atoms with Gasteiger partial charge in [0.05, 0.1) is 20.3 Å². The second-order valence-electron chi connectivity index (χ2n) is 4.21. The van der Waals surface area contributed by atoms with Crippen molar-refractivity contribution in [1.82, 2.24) is 4.90 Å². The van der Waals surface area contributed by atoms with E-state index in [2.05, 4.69) is 0 Å². The van der Waals surface area contributed by atoms with Gasteiger partial charge in [0.2, 0.25) is 0 Å². The van der Waals surface area contributed by atoms with E-state index in [1.54, 1.807) is 6.07 Å². The van der Waals surface area contributed by atoms with Crippen molar-refractivity contribution >= 4 is 5.78 Å². The Labute approximate surface area is 113 Å². The summed E-state index contributed by atoms with van der Waals surface area (Å²) in [7, 11) is 3.22. The Kier molecular flexibility index (Phi) is 6.45. The van der Waals surface area contributed by atoms with Crippen molar-refractivity contribution in [3.63, 3.8) is 0 Å². The van der Waals surface area contributed by atoms with Gasteiger partial charge in [0.1, 0.15) is 0 Å². The molecule has 0 atom stereocenters. The molecular formula is C14H20FNO3. The van der Waals surface area contributed by atoms with Crippen molar-refractivity contribution in [3.8, 4) is 5.75 Å². The lowest BCUT2D eigenvalue weighted by Gasteiger charge is -2.15. The fourth-order valence-corrected chi connectivity index (χ4v) is 1.62. The van der Waals surface area contributed by atoms with Gasteiger partial charge < -0.3 is 9.47 Å². The van der Waals surface area contributed by atoms with Gasteiger partial charge in [0.15, 0.2) is 17.3 Å². The van der Waals surface area contributed by atoms with Crippen LogP contribution in [-0.4, -0.2) is 51.1 Å². The van der Waals surface area contributed by atoms with Gasteiger partial charge in [-0.05, 0) is 32.2 Å². The molecule has 1 rings (SSSR count). The number of likely N-dealkylation sites (N-methyl/N-ethyl adjacent to an activating group) is 1. The molecule has 0 saturated heterocycles. The molecule has 0 saturated carbocycles. The van der Waals surface area contributed by atoms with E-state index < -0.39 is 5.82 Å². The number of rotatable bonds is 8. The number of nitrogens with zero attached hydrogens (tertiary/aromatic N) is 1. The molecule has 0 radical (unpaired) electrons. The molecule has 0 unspecified atom stereocenters. The average molecular weight is 269 g/mol. The van der Waals surface area contributed by atoms with Gasteiger partial charge in [-0.3, -0.25) is 9.69 Å². The minimum Gasteiger partial charge on any atom is -0.494 e. The third-order valence-electron chi connectivity index (χ3n) is 2.71. The van der Waals surface area contributed by atoms with Crippen molar-refractivity contribution in [2.75, 3.05) is 40.5 Å². The summed E-state index contributed by atoms with van der Waals surface area (Å²) in [5, 5.41) is 0. The summed E-state index contributed by atoms with van der Waals surface area (Å²) in [6.45, 7) is 4.06. The van der Waals surface area contributed by atoms with E-state index in [1.807, 2.05) is 18.9 Å². The number of Topliss-reactive ketones (excluding diaryl/α,β-unsaturated/α-hetero) is 1. The first-order valence-corrected chi connectivity index (χ1v) is 6.21. The lowest BCUT2D eigenvalue weighted by molar-refractivity contribution is 0.0896. The van der Waals surface area contributed by atoms with E-state index >= 15 is 0 Å². The molecule has 0 aliphatic rings. The first kappa shape index (κ1) is 15.6. The van der Waals surface area contributed by atoms with E-state index in [0.29, 0.717) is 25.3 Å². The predicted octanol–water partition coefficient (Wildman–Crippen LogP) is 1.99. The van der Waals surface area contributed by atoms with Crippen LogP contribution in [0.2, 0.25) is 0 Å². The van der Waals surface area contributed by atoms with E-state index in [0.717, 1.165) is 0 Å². The normalized spacial score (nSPS) is 10.8. The molecule has 1 aromatic rings. The number of carbonyl (C=O) groups is 1. The van der Waals surface area contributed by atoms with Crippen LogP contribution in [0.15, 0.2) is 18.2 Å². The van der Waals surface area contributed by atoms with Crippen LogP contribution in [-0.2, 0) is 4.74 Å². The number of benzene rings is 1. The first-order valence-electron chi connectivity index (χ1n) is 6.21. The Bertz CT molecular complexity index is 423. The summed E-state index contributed by atoms with van der Waals surface area (Å²) in [4.78, 5) is 13.8. The lowest BCUT2D eigenvalue weighted by atomic mass is 10.1. The second-order valence-corrected chi connectivity index (χ2v) is 4.21. The van der Waals surface area contributed by atoms with Crippen molar-refractivity contribution in [3.05, 3.63) is 29.6 Å². The number of hydrogen-bond acceptors (Lipinski definition) is 4. The van der Waals surface area contributed by atoms with Crippen LogP contribution in [0.1, 0.15) is 17.3 Å². The average Bonchev–Trinajstić information content (AvgIpc) is 2.38. The Balaban J connectivity index is 2.55. The van der Waals surface area contributed by atoms with Crippen LogP contribution in [0.4, 0.5) is 4.39 Å². The van der Waals surface area contributed by atoms with Crippen LogP contribution in [0.5, 0.6) is 5.75 Å². The van der Waals surface area contributed by atoms with Gasteiger partial charge in [-0.25, -0.2) is 4.39 Å². The number of methoxy groups -OCH3 is 1. The molecule has 19 heavy (non-hydrogen) atoms. The number of hydrogen-bond donors (Lipinski definition) is 0. The van der Waals surface area contributed by atoms with E-state index in [1.165, 1.54) is 19.2 Å². The van der Waals surface area contributed by atoms with Gasteiger partial charge >= 0.3 is 0 Å². The summed E-state index contributed by atoms with van der Waals surface area (Å²) in [6.07, 6.45) is 0. The quantitative estimate of drug-likeness (QED) is 0.534. The highest BCUT2D eigenvalue weighted by Gasteiger charge is 2.12. The fraction of sp³-hybridized carbons (Fsp3) is 0.500. The van der Waals surface area contributed by atoms with E-state index in [4.69, 9.17) is 9.47 Å². The molecule has 106 valence electrons. The molecule has 0 fully saturated rings. The molecule has 0 bridgehead atoms. The standard InChI is InChI=1S/C14H20FNO3/c1-4-19-8-7-16(2)10-13(17)11-5-6-14(18-3)12(15)9-11/h5-6,9H,4,7-8,10H2,1-3H3. The Morgan fingerprint density at radius 1 is 1.42 bits per heavy atom. The maximum atomic E-state index is 13.5. The Hall–Kier alpha value is -1.46.